The predicted molar refractivity (Wildman–Crippen MR) is 91.0 cm³/mol. The predicted octanol–water partition coefficient (Wildman–Crippen LogP) is 5.15. The van der Waals surface area contributed by atoms with Crippen LogP contribution in [-0.4, -0.2) is 23.9 Å². The van der Waals surface area contributed by atoms with Gasteiger partial charge in [0.2, 0.25) is 5.82 Å². The van der Waals surface area contributed by atoms with Gasteiger partial charge in [0.05, 0.1) is 7.11 Å². The smallest absolute Gasteiger partial charge is 0.387 e. The van der Waals surface area contributed by atoms with Gasteiger partial charge in [0.15, 0.2) is 11.5 Å². The lowest BCUT2D eigenvalue weighted by atomic mass is 10.2. The van der Waals surface area contributed by atoms with Crippen molar-refractivity contribution in [3.8, 4) is 22.9 Å². The van der Waals surface area contributed by atoms with Gasteiger partial charge in [-0.25, -0.2) is 0 Å². The summed E-state index contributed by atoms with van der Waals surface area (Å²) >= 11 is 7.70. The summed E-state index contributed by atoms with van der Waals surface area (Å²) in [7, 11) is 1.36. The van der Waals surface area contributed by atoms with Gasteiger partial charge in [-0.1, -0.05) is 22.8 Å². The fraction of sp³-hybridized carbons (Fsp3) is 0.125. The number of methoxy groups -OCH3 is 1. The summed E-state index contributed by atoms with van der Waals surface area (Å²) in [5.41, 5.74) is 1.33. The normalized spacial score (nSPS) is 11.8. The van der Waals surface area contributed by atoms with Gasteiger partial charge in [-0.05, 0) is 35.2 Å². The third-order valence-corrected chi connectivity index (χ3v) is 4.06. The lowest BCUT2D eigenvalue weighted by Crippen LogP contribution is -2.03. The Morgan fingerprint density at radius 3 is 2.84 bits per heavy atom. The van der Waals surface area contributed by atoms with Crippen molar-refractivity contribution in [2.45, 2.75) is 6.61 Å². The highest BCUT2D eigenvalue weighted by atomic mass is 35.5. The lowest BCUT2D eigenvalue weighted by Gasteiger charge is -2.10. The molecule has 25 heavy (non-hydrogen) atoms. The molecule has 0 saturated carbocycles. The molecule has 0 bridgehead atoms. The van der Waals surface area contributed by atoms with Crippen molar-refractivity contribution in [1.29, 1.82) is 0 Å². The zero-order valence-electron chi connectivity index (χ0n) is 12.8. The summed E-state index contributed by atoms with van der Waals surface area (Å²) in [4.78, 5) is 4.21. The van der Waals surface area contributed by atoms with Crippen molar-refractivity contribution in [2.24, 2.45) is 0 Å². The Hall–Kier alpha value is -2.45. The molecule has 2 heterocycles. The van der Waals surface area contributed by atoms with Crippen LogP contribution in [0, 0.1) is 0 Å². The van der Waals surface area contributed by atoms with Crippen molar-refractivity contribution in [2.75, 3.05) is 7.11 Å². The van der Waals surface area contributed by atoms with Crippen molar-refractivity contribution < 1.29 is 22.8 Å². The zero-order valence-corrected chi connectivity index (χ0v) is 14.4. The van der Waals surface area contributed by atoms with Gasteiger partial charge in [-0.15, -0.1) is 0 Å². The van der Waals surface area contributed by atoms with Crippen LogP contribution in [0.4, 0.5) is 8.78 Å². The molecule has 0 fully saturated rings. The number of ether oxygens (including phenoxy) is 2. The quantitative estimate of drug-likeness (QED) is 0.588. The first kappa shape index (κ1) is 17.4. The van der Waals surface area contributed by atoms with E-state index in [2.05, 4.69) is 14.9 Å². The highest BCUT2D eigenvalue weighted by Crippen LogP contribution is 2.32. The van der Waals surface area contributed by atoms with Gasteiger partial charge in [-0.3, -0.25) is 0 Å². The second-order valence-electron chi connectivity index (χ2n) is 4.72. The number of hydrogen-bond acceptors (Lipinski definition) is 6. The number of aromatic nitrogens is 2. The minimum atomic E-state index is -2.97. The van der Waals surface area contributed by atoms with Crippen LogP contribution in [0.25, 0.3) is 22.5 Å². The fourth-order valence-electron chi connectivity index (χ4n) is 2.01. The summed E-state index contributed by atoms with van der Waals surface area (Å²) in [5, 5.41) is 7.80. The van der Waals surface area contributed by atoms with Gasteiger partial charge < -0.3 is 14.0 Å². The molecule has 9 heteroatoms. The molecule has 0 aliphatic rings. The van der Waals surface area contributed by atoms with Crippen molar-refractivity contribution in [3.63, 3.8) is 0 Å². The van der Waals surface area contributed by atoms with E-state index in [4.69, 9.17) is 20.9 Å². The largest absolute Gasteiger partial charge is 0.493 e. The molecule has 1 aromatic carbocycles. The number of benzene rings is 1. The Kier molecular flexibility index (Phi) is 5.30. The van der Waals surface area contributed by atoms with Crippen LogP contribution in [0.15, 0.2) is 39.5 Å². The number of hydrogen-bond donors (Lipinski definition) is 0. The van der Waals surface area contributed by atoms with Gasteiger partial charge in [0.1, 0.15) is 5.03 Å². The van der Waals surface area contributed by atoms with Gasteiger partial charge in [-0.2, -0.15) is 25.1 Å². The maximum Gasteiger partial charge on any atom is 0.387 e. The Morgan fingerprint density at radius 1 is 1.32 bits per heavy atom. The zero-order chi connectivity index (χ0) is 17.8. The minimum Gasteiger partial charge on any atom is -0.493 e. The minimum absolute atomic E-state index is 0.0970. The average molecular weight is 385 g/mol. The van der Waals surface area contributed by atoms with Crippen LogP contribution in [0.3, 0.4) is 0 Å². The average Bonchev–Trinajstić information content (AvgIpc) is 3.26. The van der Waals surface area contributed by atoms with Crippen LogP contribution in [0.1, 0.15) is 11.5 Å². The second-order valence-corrected chi connectivity index (χ2v) is 5.90. The topological polar surface area (TPSA) is 57.4 Å². The van der Waals surface area contributed by atoms with E-state index >= 15 is 0 Å². The standard InChI is InChI=1S/C16H11ClF2N2O3S/c1-22-12-3-2-9(7-13(12)23-16(18)19)6-11(17)15-20-14(21-24-15)10-4-5-25-8-10/h2-8,16H,1H3/b11-6-. The van der Waals surface area contributed by atoms with Crippen LogP contribution < -0.4 is 9.47 Å². The summed E-state index contributed by atoms with van der Waals surface area (Å²) in [6, 6.07) is 6.37. The van der Waals surface area contributed by atoms with E-state index in [0.29, 0.717) is 11.4 Å². The van der Waals surface area contributed by atoms with Crippen LogP contribution in [-0.2, 0) is 0 Å². The highest BCUT2D eigenvalue weighted by Gasteiger charge is 2.14. The third kappa shape index (κ3) is 4.15. The lowest BCUT2D eigenvalue weighted by molar-refractivity contribution is -0.0512. The second kappa shape index (κ2) is 7.62. The molecule has 0 atom stereocenters. The SMILES string of the molecule is COc1ccc(/C=C(\Cl)c2nc(-c3ccsc3)no2)cc1OC(F)F. The Balaban J connectivity index is 1.87. The molecule has 0 N–H and O–H groups in total. The van der Waals surface area contributed by atoms with Crippen LogP contribution in [0.5, 0.6) is 11.5 Å². The molecule has 0 saturated heterocycles. The summed E-state index contributed by atoms with van der Waals surface area (Å²) in [6.07, 6.45) is 1.50. The molecule has 0 amide bonds. The van der Waals surface area contributed by atoms with Gasteiger partial charge in [0, 0.05) is 10.9 Å². The molecular weight excluding hydrogens is 374 g/mol. The van der Waals surface area contributed by atoms with E-state index < -0.39 is 6.61 Å². The number of nitrogens with zero attached hydrogens (tertiary/aromatic N) is 2. The van der Waals surface area contributed by atoms with Crippen LogP contribution in [0.2, 0.25) is 0 Å². The Labute approximate surface area is 150 Å². The molecule has 0 spiro atoms. The van der Waals surface area contributed by atoms with Crippen molar-refractivity contribution in [1.82, 2.24) is 10.1 Å². The molecule has 2 aromatic heterocycles. The van der Waals surface area contributed by atoms with Crippen molar-refractivity contribution >= 4 is 34.0 Å². The monoisotopic (exact) mass is 384 g/mol. The molecule has 0 aliphatic heterocycles. The molecule has 0 unspecified atom stereocenters. The number of halogens is 3. The Bertz CT molecular complexity index is 881. The van der Waals surface area contributed by atoms with E-state index in [-0.39, 0.29) is 22.4 Å². The number of thiophene rings is 1. The van der Waals surface area contributed by atoms with E-state index in [0.717, 1.165) is 5.56 Å². The van der Waals surface area contributed by atoms with E-state index in [1.54, 1.807) is 6.07 Å². The van der Waals surface area contributed by atoms with Crippen LogP contribution >= 0.6 is 22.9 Å². The molecule has 0 aliphatic carbocycles. The molecule has 0 radical (unpaired) electrons. The van der Waals surface area contributed by atoms with E-state index in [1.165, 1.54) is 36.7 Å². The molecule has 3 aromatic rings. The fourth-order valence-corrected chi connectivity index (χ4v) is 2.85. The summed E-state index contributed by atoms with van der Waals surface area (Å²) < 4.78 is 39.5. The third-order valence-electron chi connectivity index (χ3n) is 3.11. The number of alkyl halides is 2. The maximum atomic E-state index is 12.5. The van der Waals surface area contributed by atoms with Crippen molar-refractivity contribution in [3.05, 3.63) is 46.5 Å². The Morgan fingerprint density at radius 2 is 2.16 bits per heavy atom. The molecule has 3 rings (SSSR count). The number of rotatable bonds is 6. The molecular formula is C16H11ClF2N2O3S. The first-order valence-corrected chi connectivity index (χ1v) is 8.25. The highest BCUT2D eigenvalue weighted by molar-refractivity contribution is 7.08. The maximum absolute atomic E-state index is 12.5. The summed E-state index contributed by atoms with van der Waals surface area (Å²) in [6.45, 7) is -2.97. The van der Waals surface area contributed by atoms with Gasteiger partial charge in [0.25, 0.3) is 5.89 Å². The van der Waals surface area contributed by atoms with E-state index in [9.17, 15) is 8.78 Å². The first-order chi connectivity index (χ1) is 12.1. The first-order valence-electron chi connectivity index (χ1n) is 6.93. The summed E-state index contributed by atoms with van der Waals surface area (Å²) in [5.74, 6) is 0.626. The molecule has 130 valence electrons. The van der Waals surface area contributed by atoms with E-state index in [1.807, 2.05) is 16.8 Å². The van der Waals surface area contributed by atoms with Gasteiger partial charge >= 0.3 is 6.61 Å². The molecule has 5 nitrogen and oxygen atoms in total.